The van der Waals surface area contributed by atoms with E-state index in [4.69, 9.17) is 9.72 Å². The van der Waals surface area contributed by atoms with E-state index in [-0.39, 0.29) is 11.7 Å². The Kier molecular flexibility index (Phi) is 6.35. The van der Waals surface area contributed by atoms with Crippen LogP contribution in [0.2, 0.25) is 0 Å². The molecule has 1 aliphatic rings. The fraction of sp³-hybridized carbons (Fsp3) is 0.280. The zero-order valence-electron chi connectivity index (χ0n) is 19.2. The first-order valence-corrected chi connectivity index (χ1v) is 12.2. The molecule has 5 rings (SSSR count). The maximum Gasteiger partial charge on any atom is 0.234 e. The number of imidazole rings is 1. The predicted molar refractivity (Wildman–Crippen MR) is 133 cm³/mol. The Morgan fingerprint density at radius 1 is 1.15 bits per heavy atom. The molecule has 0 radical (unpaired) electrons. The Bertz CT molecular complexity index is 1290. The van der Waals surface area contributed by atoms with E-state index in [2.05, 4.69) is 26.3 Å². The van der Waals surface area contributed by atoms with Gasteiger partial charge in [0.2, 0.25) is 5.91 Å². The monoisotopic (exact) mass is 474 g/mol. The van der Waals surface area contributed by atoms with E-state index in [9.17, 15) is 4.79 Å². The van der Waals surface area contributed by atoms with Crippen LogP contribution in [0.4, 0.5) is 5.69 Å². The molecule has 2 aromatic carbocycles. The molecule has 34 heavy (non-hydrogen) atoms. The van der Waals surface area contributed by atoms with Gasteiger partial charge >= 0.3 is 0 Å². The summed E-state index contributed by atoms with van der Waals surface area (Å²) in [6.07, 6.45) is 5.52. The number of aromatic nitrogens is 5. The molecule has 1 N–H and O–H groups in total. The molecule has 2 aromatic heterocycles. The summed E-state index contributed by atoms with van der Waals surface area (Å²) in [6.45, 7) is 2.91. The number of nitrogens with one attached hydrogen (secondary N) is 1. The van der Waals surface area contributed by atoms with Gasteiger partial charge in [0.15, 0.2) is 5.16 Å². The lowest BCUT2D eigenvalue weighted by molar-refractivity contribution is -0.113. The number of benzene rings is 2. The summed E-state index contributed by atoms with van der Waals surface area (Å²) in [6, 6.07) is 15.5. The van der Waals surface area contributed by atoms with Crippen LogP contribution in [-0.2, 0) is 17.8 Å². The topological polar surface area (TPSA) is 86.9 Å². The van der Waals surface area contributed by atoms with E-state index in [0.29, 0.717) is 5.16 Å². The van der Waals surface area contributed by atoms with Crippen LogP contribution in [0.1, 0.15) is 24.5 Å². The summed E-state index contributed by atoms with van der Waals surface area (Å²) < 4.78 is 9.40. The smallest absolute Gasteiger partial charge is 0.234 e. The number of ether oxygens (including phenoxy) is 1. The van der Waals surface area contributed by atoms with Crippen molar-refractivity contribution in [1.82, 2.24) is 24.3 Å². The normalized spacial score (nSPS) is 12.9. The number of rotatable bonds is 7. The van der Waals surface area contributed by atoms with Crippen molar-refractivity contribution in [2.45, 2.75) is 37.9 Å². The molecule has 9 heteroatoms. The lowest BCUT2D eigenvalue weighted by atomic mass is 10.1. The van der Waals surface area contributed by atoms with Crippen molar-refractivity contribution < 1.29 is 9.53 Å². The highest BCUT2D eigenvalue weighted by Crippen LogP contribution is 2.26. The molecule has 174 valence electrons. The van der Waals surface area contributed by atoms with Crippen LogP contribution in [0.15, 0.2) is 59.9 Å². The summed E-state index contributed by atoms with van der Waals surface area (Å²) in [5.74, 6) is 2.79. The second-order valence-electron chi connectivity index (χ2n) is 8.17. The fourth-order valence-corrected chi connectivity index (χ4v) is 4.90. The first kappa shape index (κ1) is 22.2. The maximum atomic E-state index is 12.7. The van der Waals surface area contributed by atoms with E-state index in [1.807, 2.05) is 60.0 Å². The lowest BCUT2D eigenvalue weighted by Crippen LogP contribution is -2.14. The Hall–Kier alpha value is -3.59. The Balaban J connectivity index is 1.25. The van der Waals surface area contributed by atoms with Crippen LogP contribution >= 0.6 is 11.8 Å². The zero-order chi connectivity index (χ0) is 23.5. The van der Waals surface area contributed by atoms with Crippen LogP contribution in [-0.4, -0.2) is 43.1 Å². The maximum absolute atomic E-state index is 12.7. The number of hydrogen-bond acceptors (Lipinski definition) is 6. The van der Waals surface area contributed by atoms with Crippen LogP contribution in [0.3, 0.4) is 0 Å². The SMILES string of the molecule is COc1ccc(-n2c(C)nnc2SCC(=O)Nc2cccc(-c3cn4c(n3)CCCC4)c2)cc1. The van der Waals surface area contributed by atoms with E-state index >= 15 is 0 Å². The molecular weight excluding hydrogens is 448 g/mol. The average Bonchev–Trinajstić information content (AvgIpc) is 3.46. The van der Waals surface area contributed by atoms with Gasteiger partial charge in [0.1, 0.15) is 17.4 Å². The molecule has 8 nitrogen and oxygen atoms in total. The lowest BCUT2D eigenvalue weighted by Gasteiger charge is -2.11. The molecule has 1 aliphatic heterocycles. The van der Waals surface area contributed by atoms with Crippen LogP contribution in [0.5, 0.6) is 5.75 Å². The molecule has 4 aromatic rings. The number of nitrogens with zero attached hydrogens (tertiary/aromatic N) is 5. The molecule has 0 spiro atoms. The highest BCUT2D eigenvalue weighted by Gasteiger charge is 2.15. The Morgan fingerprint density at radius 2 is 2.00 bits per heavy atom. The minimum Gasteiger partial charge on any atom is -0.497 e. The van der Waals surface area contributed by atoms with Gasteiger partial charge < -0.3 is 14.6 Å². The second-order valence-corrected chi connectivity index (χ2v) is 9.12. The third-order valence-corrected chi connectivity index (χ3v) is 6.74. The summed E-state index contributed by atoms with van der Waals surface area (Å²) in [4.78, 5) is 17.5. The summed E-state index contributed by atoms with van der Waals surface area (Å²) in [5, 5.41) is 12.1. The van der Waals surface area contributed by atoms with Crippen molar-refractivity contribution in [3.8, 4) is 22.7 Å². The van der Waals surface area contributed by atoms with Gasteiger partial charge in [-0.1, -0.05) is 23.9 Å². The highest BCUT2D eigenvalue weighted by molar-refractivity contribution is 7.99. The fourth-order valence-electron chi connectivity index (χ4n) is 4.10. The largest absolute Gasteiger partial charge is 0.497 e. The van der Waals surface area contributed by atoms with Crippen LogP contribution in [0, 0.1) is 6.92 Å². The predicted octanol–water partition coefficient (Wildman–Crippen LogP) is 4.51. The third-order valence-electron chi connectivity index (χ3n) is 5.81. The van der Waals surface area contributed by atoms with Gasteiger partial charge in [0.25, 0.3) is 0 Å². The van der Waals surface area contributed by atoms with E-state index in [0.717, 1.165) is 53.0 Å². The number of thioether (sulfide) groups is 1. The molecule has 0 aliphatic carbocycles. The summed E-state index contributed by atoms with van der Waals surface area (Å²) in [5.41, 5.74) is 3.62. The number of carbonyl (C=O) groups is 1. The Morgan fingerprint density at radius 3 is 2.79 bits per heavy atom. The van der Waals surface area contributed by atoms with Gasteiger partial charge in [-0.05, 0) is 56.2 Å². The number of hydrogen-bond donors (Lipinski definition) is 1. The summed E-state index contributed by atoms with van der Waals surface area (Å²) in [7, 11) is 1.64. The number of methoxy groups -OCH3 is 1. The van der Waals surface area contributed by atoms with Crippen molar-refractivity contribution in [2.24, 2.45) is 0 Å². The third kappa shape index (κ3) is 4.70. The van der Waals surface area contributed by atoms with Gasteiger partial charge in [0, 0.05) is 36.1 Å². The number of anilines is 1. The minimum absolute atomic E-state index is 0.104. The molecule has 0 fully saturated rings. The van der Waals surface area contributed by atoms with Crippen molar-refractivity contribution in [3.63, 3.8) is 0 Å². The van der Waals surface area contributed by atoms with E-state index in [1.165, 1.54) is 24.6 Å². The van der Waals surface area contributed by atoms with Crippen molar-refractivity contribution in [1.29, 1.82) is 0 Å². The van der Waals surface area contributed by atoms with Crippen LogP contribution < -0.4 is 10.1 Å². The van der Waals surface area contributed by atoms with Gasteiger partial charge in [0.05, 0.1) is 18.6 Å². The molecule has 0 atom stereocenters. The van der Waals surface area contributed by atoms with Gasteiger partial charge in [-0.25, -0.2) is 4.98 Å². The molecule has 0 bridgehead atoms. The number of amides is 1. The first-order valence-electron chi connectivity index (χ1n) is 11.3. The zero-order valence-corrected chi connectivity index (χ0v) is 20.0. The van der Waals surface area contributed by atoms with Gasteiger partial charge in [-0.15, -0.1) is 10.2 Å². The van der Waals surface area contributed by atoms with Crippen molar-refractivity contribution in [3.05, 3.63) is 66.4 Å². The molecule has 3 heterocycles. The average molecular weight is 475 g/mol. The molecular formula is C25H26N6O2S. The molecule has 0 saturated heterocycles. The quantitative estimate of drug-likeness (QED) is 0.397. The number of fused-ring (bicyclic) bond motifs is 1. The van der Waals surface area contributed by atoms with Gasteiger partial charge in [-0.2, -0.15) is 0 Å². The molecule has 0 saturated carbocycles. The minimum atomic E-state index is -0.104. The van der Waals surface area contributed by atoms with E-state index in [1.54, 1.807) is 7.11 Å². The first-order chi connectivity index (χ1) is 16.6. The number of aryl methyl sites for hydroxylation is 3. The summed E-state index contributed by atoms with van der Waals surface area (Å²) >= 11 is 1.35. The molecule has 1 amide bonds. The number of carbonyl (C=O) groups excluding carboxylic acids is 1. The standard InChI is InChI=1S/C25H26N6O2S/c1-17-28-29-25(31(17)20-9-11-21(33-2)12-10-20)34-16-24(32)26-19-7-5-6-18(14-19)22-15-30-13-4-3-8-23(30)27-22/h5-7,9-12,14-15H,3-4,8,13,16H2,1-2H3,(H,26,32). The van der Waals surface area contributed by atoms with E-state index < -0.39 is 0 Å². The van der Waals surface area contributed by atoms with Gasteiger partial charge in [-0.3, -0.25) is 9.36 Å². The van der Waals surface area contributed by atoms with Crippen molar-refractivity contribution in [2.75, 3.05) is 18.2 Å². The van der Waals surface area contributed by atoms with Crippen LogP contribution in [0.25, 0.3) is 16.9 Å². The van der Waals surface area contributed by atoms with Crippen molar-refractivity contribution >= 4 is 23.4 Å². The molecule has 0 unspecified atom stereocenters. The Labute approximate surface area is 202 Å². The highest BCUT2D eigenvalue weighted by atomic mass is 32.2. The second kappa shape index (κ2) is 9.72.